The number of furan rings is 1. The Morgan fingerprint density at radius 3 is 2.68 bits per heavy atom. The third-order valence-corrected chi connectivity index (χ3v) is 5.10. The summed E-state index contributed by atoms with van der Waals surface area (Å²) in [4.78, 5) is 16.1. The Labute approximate surface area is 164 Å². The molecule has 28 heavy (non-hydrogen) atoms. The summed E-state index contributed by atoms with van der Waals surface area (Å²) in [5.41, 5.74) is -0.725. The molecule has 0 bridgehead atoms. The van der Waals surface area contributed by atoms with Crippen LogP contribution in [0.1, 0.15) is 11.3 Å². The van der Waals surface area contributed by atoms with Gasteiger partial charge in [-0.2, -0.15) is 13.2 Å². The van der Waals surface area contributed by atoms with Gasteiger partial charge in [0.25, 0.3) is 5.91 Å². The van der Waals surface area contributed by atoms with Crippen molar-refractivity contribution < 1.29 is 26.8 Å². The van der Waals surface area contributed by atoms with E-state index in [2.05, 4.69) is 10.3 Å². The summed E-state index contributed by atoms with van der Waals surface area (Å²) in [5.74, 6) is -1.41. The van der Waals surface area contributed by atoms with Gasteiger partial charge < -0.3 is 9.73 Å². The first-order valence-electron chi connectivity index (χ1n) is 7.72. The molecule has 1 aliphatic heterocycles. The van der Waals surface area contributed by atoms with Crippen molar-refractivity contribution in [2.75, 3.05) is 0 Å². The Hall–Kier alpha value is -2.72. The van der Waals surface area contributed by atoms with Crippen LogP contribution in [-0.4, -0.2) is 15.2 Å². The first-order valence-corrected chi connectivity index (χ1v) is 8.94. The average Bonchev–Trinajstić information content (AvgIpc) is 3.16. The van der Waals surface area contributed by atoms with E-state index in [0.717, 1.165) is 17.8 Å². The van der Waals surface area contributed by atoms with Gasteiger partial charge in [-0.1, -0.05) is 30.0 Å². The zero-order valence-electron chi connectivity index (χ0n) is 13.6. The van der Waals surface area contributed by atoms with Crippen LogP contribution >= 0.6 is 24.0 Å². The van der Waals surface area contributed by atoms with E-state index in [-0.39, 0.29) is 22.6 Å². The number of rotatable bonds is 2. The highest BCUT2D eigenvalue weighted by Gasteiger charge is 2.34. The molecule has 142 valence electrons. The van der Waals surface area contributed by atoms with Crippen molar-refractivity contribution in [3.63, 3.8) is 0 Å². The van der Waals surface area contributed by atoms with Gasteiger partial charge in [-0.15, -0.1) is 0 Å². The minimum absolute atomic E-state index is 0.106. The molecular weight excluding hydrogens is 416 g/mol. The molecule has 0 atom stereocenters. The summed E-state index contributed by atoms with van der Waals surface area (Å²) in [7, 11) is 0. The monoisotopic (exact) mass is 424 g/mol. The van der Waals surface area contributed by atoms with Crippen LogP contribution in [-0.2, 0) is 11.0 Å². The SMILES string of the molecule is O=C1NC(=S)S/C1=C\c1cc2cncc(-c3ccc(F)c(C(F)(F)F)c3)c2o1. The highest BCUT2D eigenvalue weighted by atomic mass is 32.2. The van der Waals surface area contributed by atoms with Gasteiger partial charge in [-0.3, -0.25) is 9.78 Å². The third kappa shape index (κ3) is 3.40. The summed E-state index contributed by atoms with van der Waals surface area (Å²) in [6.07, 6.45) is -0.534. The van der Waals surface area contributed by atoms with E-state index in [4.69, 9.17) is 16.6 Å². The lowest BCUT2D eigenvalue weighted by molar-refractivity contribution is -0.140. The maximum atomic E-state index is 13.6. The summed E-state index contributed by atoms with van der Waals surface area (Å²) in [6.45, 7) is 0. The molecule has 1 amide bonds. The molecular formula is C18H8F4N2O2S2. The molecule has 1 fully saturated rings. The van der Waals surface area contributed by atoms with Crippen molar-refractivity contribution in [1.29, 1.82) is 0 Å². The van der Waals surface area contributed by atoms with Crippen molar-refractivity contribution in [1.82, 2.24) is 10.3 Å². The van der Waals surface area contributed by atoms with Gasteiger partial charge in [0.1, 0.15) is 21.5 Å². The van der Waals surface area contributed by atoms with Crippen LogP contribution in [0, 0.1) is 5.82 Å². The van der Waals surface area contributed by atoms with Gasteiger partial charge in [-0.05, 0) is 23.8 Å². The number of nitrogens with zero attached hydrogens (tertiary/aromatic N) is 1. The van der Waals surface area contributed by atoms with Crippen molar-refractivity contribution in [2.45, 2.75) is 6.18 Å². The first-order chi connectivity index (χ1) is 13.2. The molecule has 3 aromatic rings. The molecule has 4 rings (SSSR count). The number of alkyl halides is 3. The van der Waals surface area contributed by atoms with Crippen molar-refractivity contribution in [2.24, 2.45) is 0 Å². The smallest absolute Gasteiger partial charge is 0.419 e. The number of thioether (sulfide) groups is 1. The molecule has 2 aromatic heterocycles. The summed E-state index contributed by atoms with van der Waals surface area (Å²) in [5, 5.41) is 3.00. The van der Waals surface area contributed by atoms with E-state index in [1.165, 1.54) is 24.5 Å². The van der Waals surface area contributed by atoms with Gasteiger partial charge in [0, 0.05) is 29.4 Å². The van der Waals surface area contributed by atoms with E-state index >= 15 is 0 Å². The molecule has 10 heteroatoms. The number of carbonyl (C=O) groups is 1. The Kier molecular flexibility index (Phi) is 4.47. The topological polar surface area (TPSA) is 55.1 Å². The van der Waals surface area contributed by atoms with Gasteiger partial charge in [0.2, 0.25) is 0 Å². The predicted molar refractivity (Wildman–Crippen MR) is 101 cm³/mol. The molecule has 0 saturated carbocycles. The maximum Gasteiger partial charge on any atom is 0.419 e. The number of nitrogens with one attached hydrogen (secondary N) is 1. The lowest BCUT2D eigenvalue weighted by Crippen LogP contribution is -2.17. The Balaban J connectivity index is 1.82. The zero-order chi connectivity index (χ0) is 20.1. The fraction of sp³-hybridized carbons (Fsp3) is 0.0556. The largest absolute Gasteiger partial charge is 0.456 e. The Morgan fingerprint density at radius 1 is 1.21 bits per heavy atom. The Bertz CT molecular complexity index is 1170. The minimum Gasteiger partial charge on any atom is -0.456 e. The number of hydrogen-bond donors (Lipinski definition) is 1. The van der Waals surface area contributed by atoms with Crippen LogP contribution in [0.3, 0.4) is 0 Å². The first kappa shape index (κ1) is 18.6. The van der Waals surface area contributed by atoms with E-state index in [9.17, 15) is 22.4 Å². The van der Waals surface area contributed by atoms with E-state index < -0.39 is 17.6 Å². The number of pyridine rings is 1. The molecule has 0 spiro atoms. The number of aromatic nitrogens is 1. The van der Waals surface area contributed by atoms with Gasteiger partial charge >= 0.3 is 6.18 Å². The van der Waals surface area contributed by atoms with Crippen LogP contribution in [0.5, 0.6) is 0 Å². The van der Waals surface area contributed by atoms with Crippen LogP contribution in [0.25, 0.3) is 28.2 Å². The predicted octanol–water partition coefficient (Wildman–Crippen LogP) is 5.14. The molecule has 1 N–H and O–H groups in total. The summed E-state index contributed by atoms with van der Waals surface area (Å²) < 4.78 is 58.7. The summed E-state index contributed by atoms with van der Waals surface area (Å²) in [6, 6.07) is 4.29. The fourth-order valence-corrected chi connectivity index (χ4v) is 3.74. The van der Waals surface area contributed by atoms with Gasteiger partial charge in [-0.25, -0.2) is 4.39 Å². The van der Waals surface area contributed by atoms with E-state index in [0.29, 0.717) is 26.4 Å². The molecule has 3 heterocycles. The van der Waals surface area contributed by atoms with Crippen molar-refractivity contribution >= 4 is 51.3 Å². The highest BCUT2D eigenvalue weighted by Crippen LogP contribution is 2.37. The number of fused-ring (bicyclic) bond motifs is 1. The average molecular weight is 424 g/mol. The van der Waals surface area contributed by atoms with E-state index in [1.54, 1.807) is 6.07 Å². The second kappa shape index (κ2) is 6.71. The molecule has 0 radical (unpaired) electrons. The van der Waals surface area contributed by atoms with Crippen LogP contribution < -0.4 is 5.32 Å². The molecule has 1 saturated heterocycles. The number of benzene rings is 1. The van der Waals surface area contributed by atoms with Gasteiger partial charge in [0.05, 0.1) is 10.5 Å². The minimum atomic E-state index is -4.83. The summed E-state index contributed by atoms with van der Waals surface area (Å²) >= 11 is 5.99. The lowest BCUT2D eigenvalue weighted by Gasteiger charge is -2.10. The normalized spacial score (nSPS) is 16.2. The molecule has 1 aliphatic rings. The van der Waals surface area contributed by atoms with Crippen LogP contribution in [0.4, 0.5) is 17.6 Å². The maximum absolute atomic E-state index is 13.6. The number of thiocarbonyl (C=S) groups is 1. The highest BCUT2D eigenvalue weighted by molar-refractivity contribution is 8.26. The number of halogens is 4. The number of carbonyl (C=O) groups excluding carboxylic acids is 1. The van der Waals surface area contributed by atoms with Crippen molar-refractivity contribution in [3.8, 4) is 11.1 Å². The van der Waals surface area contributed by atoms with Gasteiger partial charge in [0.15, 0.2) is 0 Å². The lowest BCUT2D eigenvalue weighted by atomic mass is 10.0. The van der Waals surface area contributed by atoms with Crippen molar-refractivity contribution in [3.05, 3.63) is 58.7 Å². The zero-order valence-corrected chi connectivity index (χ0v) is 15.3. The standard InChI is InChI=1S/C18H8F4N2O2S2/c19-13-2-1-8(4-12(13)18(20,21)22)11-7-23-6-9-3-10(26-15(9)11)5-14-16(25)24-17(27)28-14/h1-7H,(H,24,25,27)/b14-5-. The van der Waals surface area contributed by atoms with Crippen LogP contribution in [0.2, 0.25) is 0 Å². The second-order valence-electron chi connectivity index (χ2n) is 5.80. The van der Waals surface area contributed by atoms with Crippen LogP contribution in [0.15, 0.2) is 46.0 Å². The number of amides is 1. The Morgan fingerprint density at radius 2 is 2.00 bits per heavy atom. The fourth-order valence-electron chi connectivity index (χ4n) is 2.72. The molecule has 4 nitrogen and oxygen atoms in total. The second-order valence-corrected chi connectivity index (χ2v) is 7.52. The van der Waals surface area contributed by atoms with E-state index in [1.807, 2.05) is 0 Å². The molecule has 1 aromatic carbocycles. The number of hydrogen-bond acceptors (Lipinski definition) is 5. The molecule has 0 aliphatic carbocycles. The quantitative estimate of drug-likeness (QED) is 0.351. The molecule has 0 unspecified atom stereocenters. The third-order valence-electron chi connectivity index (χ3n) is 3.94.